The molecule has 1 rings (SSSR count). The normalized spacial score (nSPS) is 35.2. The maximum atomic E-state index is 5.32. The average molecular weight is 131 g/mol. The average Bonchev–Trinajstić information content (AvgIpc) is 2.17. The van der Waals surface area contributed by atoms with Crippen molar-refractivity contribution in [2.45, 2.75) is 18.3 Å². The zero-order valence-corrected chi connectivity index (χ0v) is 5.57. The number of hydrogen-bond acceptors (Lipinski definition) is 3. The molecule has 2 nitrogen and oxygen atoms in total. The lowest BCUT2D eigenvalue weighted by atomic mass is 10.3. The molecule has 0 aromatic carbocycles. The van der Waals surface area contributed by atoms with Gasteiger partial charge in [-0.3, -0.25) is 5.14 Å². The first-order valence-electron chi connectivity index (χ1n) is 2.47. The summed E-state index contributed by atoms with van der Waals surface area (Å²) in [5.41, 5.74) is 0. The quantitative estimate of drug-likeness (QED) is 0.544. The monoisotopic (exact) mass is 131 g/mol. The molecule has 1 unspecified atom stereocenters. The molecule has 0 saturated heterocycles. The Morgan fingerprint density at radius 3 is 2.88 bits per heavy atom. The molecule has 0 amide bonds. The third-order valence-electron chi connectivity index (χ3n) is 1.15. The van der Waals surface area contributed by atoms with Gasteiger partial charge < -0.3 is 4.74 Å². The van der Waals surface area contributed by atoms with Gasteiger partial charge in [0.25, 0.3) is 0 Å². The standard InChI is InChI=1S/C5H9NOS/c1-5(8-6)3-2-4-7-5/h2,4H,3,6H2,1H3. The summed E-state index contributed by atoms with van der Waals surface area (Å²) in [7, 11) is 0. The Kier molecular flexibility index (Phi) is 1.49. The Balaban J connectivity index is 2.46. The molecule has 0 radical (unpaired) electrons. The van der Waals surface area contributed by atoms with E-state index in [2.05, 4.69) is 0 Å². The van der Waals surface area contributed by atoms with Crippen molar-refractivity contribution in [1.29, 1.82) is 0 Å². The fourth-order valence-corrected chi connectivity index (χ4v) is 0.882. The van der Waals surface area contributed by atoms with Gasteiger partial charge in [-0.15, -0.1) is 0 Å². The lowest BCUT2D eigenvalue weighted by Crippen LogP contribution is -2.19. The van der Waals surface area contributed by atoms with Crippen LogP contribution in [0.4, 0.5) is 0 Å². The molecule has 46 valence electrons. The Bertz CT molecular complexity index is 105. The van der Waals surface area contributed by atoms with Crippen LogP contribution in [0.2, 0.25) is 0 Å². The van der Waals surface area contributed by atoms with Crippen LogP contribution in [0.1, 0.15) is 13.3 Å². The maximum absolute atomic E-state index is 5.32. The SMILES string of the molecule is CC1(SN)CC=CO1. The second-order valence-electron chi connectivity index (χ2n) is 1.95. The largest absolute Gasteiger partial charge is 0.483 e. The van der Waals surface area contributed by atoms with Crippen LogP contribution in [0.5, 0.6) is 0 Å². The highest BCUT2D eigenvalue weighted by Crippen LogP contribution is 2.30. The van der Waals surface area contributed by atoms with E-state index in [1.807, 2.05) is 13.0 Å². The number of nitrogens with two attached hydrogens (primary N) is 1. The summed E-state index contributed by atoms with van der Waals surface area (Å²) in [5.74, 6) is 0. The minimum Gasteiger partial charge on any atom is -0.483 e. The van der Waals surface area contributed by atoms with E-state index >= 15 is 0 Å². The van der Waals surface area contributed by atoms with Crippen LogP contribution in [-0.2, 0) is 4.74 Å². The highest BCUT2D eigenvalue weighted by atomic mass is 32.2. The molecule has 0 fully saturated rings. The Labute approximate surface area is 53.2 Å². The summed E-state index contributed by atoms with van der Waals surface area (Å²) < 4.78 is 5.15. The molecule has 0 spiro atoms. The minimum atomic E-state index is -0.181. The molecule has 1 aliphatic rings. The first-order chi connectivity index (χ1) is 3.77. The summed E-state index contributed by atoms with van der Waals surface area (Å²) >= 11 is 1.25. The van der Waals surface area contributed by atoms with Crippen LogP contribution in [0.3, 0.4) is 0 Å². The van der Waals surface area contributed by atoms with E-state index in [1.165, 1.54) is 11.9 Å². The lowest BCUT2D eigenvalue weighted by Gasteiger charge is -2.18. The van der Waals surface area contributed by atoms with Crippen molar-refractivity contribution in [3.63, 3.8) is 0 Å². The molecule has 1 atom stereocenters. The second kappa shape index (κ2) is 1.99. The van der Waals surface area contributed by atoms with Crippen LogP contribution in [0, 0.1) is 0 Å². The van der Waals surface area contributed by atoms with E-state index in [0.29, 0.717) is 0 Å². The van der Waals surface area contributed by atoms with E-state index in [9.17, 15) is 0 Å². The molecule has 0 aliphatic carbocycles. The van der Waals surface area contributed by atoms with E-state index in [-0.39, 0.29) is 4.93 Å². The predicted octanol–water partition coefficient (Wildman–Crippen LogP) is 1.24. The molecule has 1 heterocycles. The molecule has 1 aliphatic heterocycles. The third-order valence-corrected chi connectivity index (χ3v) is 1.91. The van der Waals surface area contributed by atoms with E-state index in [4.69, 9.17) is 9.88 Å². The summed E-state index contributed by atoms with van der Waals surface area (Å²) in [6, 6.07) is 0. The molecule has 8 heavy (non-hydrogen) atoms. The number of ether oxygens (including phenoxy) is 1. The van der Waals surface area contributed by atoms with Gasteiger partial charge in [-0.2, -0.15) is 0 Å². The van der Waals surface area contributed by atoms with Crippen molar-refractivity contribution in [3.05, 3.63) is 12.3 Å². The van der Waals surface area contributed by atoms with Gasteiger partial charge in [-0.25, -0.2) is 0 Å². The zero-order valence-electron chi connectivity index (χ0n) is 4.76. The topological polar surface area (TPSA) is 35.2 Å². The van der Waals surface area contributed by atoms with E-state index < -0.39 is 0 Å². The molecule has 0 saturated carbocycles. The Morgan fingerprint density at radius 1 is 1.88 bits per heavy atom. The summed E-state index contributed by atoms with van der Waals surface area (Å²) in [6.45, 7) is 1.97. The van der Waals surface area contributed by atoms with Gasteiger partial charge in [0.1, 0.15) is 0 Å². The second-order valence-corrected chi connectivity index (χ2v) is 3.04. The Morgan fingerprint density at radius 2 is 2.62 bits per heavy atom. The molecule has 3 heteroatoms. The van der Waals surface area contributed by atoms with Crippen molar-refractivity contribution < 1.29 is 4.74 Å². The van der Waals surface area contributed by atoms with Gasteiger partial charge in [-0.05, 0) is 24.9 Å². The molecular formula is C5H9NOS. The van der Waals surface area contributed by atoms with E-state index in [1.54, 1.807) is 6.26 Å². The van der Waals surface area contributed by atoms with Gasteiger partial charge in [-0.1, -0.05) is 0 Å². The number of rotatable bonds is 1. The van der Waals surface area contributed by atoms with Gasteiger partial charge >= 0.3 is 0 Å². The lowest BCUT2D eigenvalue weighted by molar-refractivity contribution is 0.155. The van der Waals surface area contributed by atoms with Crippen molar-refractivity contribution >= 4 is 11.9 Å². The van der Waals surface area contributed by atoms with Crippen LogP contribution in [-0.4, -0.2) is 4.93 Å². The highest BCUT2D eigenvalue weighted by Gasteiger charge is 2.25. The van der Waals surface area contributed by atoms with Gasteiger partial charge in [0.15, 0.2) is 4.93 Å². The molecular weight excluding hydrogens is 122 g/mol. The highest BCUT2D eigenvalue weighted by molar-refractivity contribution is 7.98. The van der Waals surface area contributed by atoms with Crippen LogP contribution < -0.4 is 5.14 Å². The van der Waals surface area contributed by atoms with Crippen LogP contribution in [0.15, 0.2) is 12.3 Å². The van der Waals surface area contributed by atoms with Crippen molar-refractivity contribution in [2.75, 3.05) is 0 Å². The molecule has 0 aromatic rings. The van der Waals surface area contributed by atoms with Gasteiger partial charge in [0.2, 0.25) is 0 Å². The summed E-state index contributed by atoms with van der Waals surface area (Å²) in [5, 5.41) is 5.32. The van der Waals surface area contributed by atoms with Gasteiger partial charge in [0.05, 0.1) is 6.26 Å². The van der Waals surface area contributed by atoms with Crippen molar-refractivity contribution in [2.24, 2.45) is 5.14 Å². The van der Waals surface area contributed by atoms with E-state index in [0.717, 1.165) is 6.42 Å². The van der Waals surface area contributed by atoms with Gasteiger partial charge in [0, 0.05) is 6.42 Å². The predicted molar refractivity (Wildman–Crippen MR) is 35.0 cm³/mol. The zero-order chi connectivity index (χ0) is 6.04. The van der Waals surface area contributed by atoms with Crippen LogP contribution >= 0.6 is 11.9 Å². The summed E-state index contributed by atoms with van der Waals surface area (Å²) in [4.78, 5) is -0.181. The van der Waals surface area contributed by atoms with Crippen molar-refractivity contribution in [3.8, 4) is 0 Å². The molecule has 0 bridgehead atoms. The summed E-state index contributed by atoms with van der Waals surface area (Å²) in [6.07, 6.45) is 4.58. The minimum absolute atomic E-state index is 0.181. The molecule has 0 aromatic heterocycles. The fraction of sp³-hybridized carbons (Fsp3) is 0.600. The first kappa shape index (κ1) is 5.98. The number of hydrogen-bond donors (Lipinski definition) is 1. The smallest absolute Gasteiger partial charge is 0.167 e. The third kappa shape index (κ3) is 0.980. The Hall–Kier alpha value is -0.150. The van der Waals surface area contributed by atoms with Crippen molar-refractivity contribution in [1.82, 2.24) is 0 Å². The molecule has 2 N–H and O–H groups in total. The maximum Gasteiger partial charge on any atom is 0.167 e. The first-order valence-corrected chi connectivity index (χ1v) is 3.35. The van der Waals surface area contributed by atoms with Crippen LogP contribution in [0.25, 0.3) is 0 Å². The fourth-order valence-electron chi connectivity index (χ4n) is 0.578.